The van der Waals surface area contributed by atoms with Crippen LogP contribution in [0.25, 0.3) is 6.08 Å². The van der Waals surface area contributed by atoms with Gasteiger partial charge in [-0.05, 0) is 36.4 Å². The first-order chi connectivity index (χ1) is 8.15. The summed E-state index contributed by atoms with van der Waals surface area (Å²) in [5.41, 5.74) is 2.57. The summed E-state index contributed by atoms with van der Waals surface area (Å²) in [5, 5.41) is 5.69. The zero-order chi connectivity index (χ0) is 12.3. The van der Waals surface area contributed by atoms with Gasteiger partial charge in [0.25, 0.3) is 5.91 Å². The predicted molar refractivity (Wildman–Crippen MR) is 72.1 cm³/mol. The largest absolute Gasteiger partial charge is 0.328 e. The van der Waals surface area contributed by atoms with E-state index in [-0.39, 0.29) is 5.91 Å². The molecule has 1 amide bonds. The van der Waals surface area contributed by atoms with E-state index in [4.69, 9.17) is 12.2 Å². The van der Waals surface area contributed by atoms with Crippen molar-refractivity contribution in [3.63, 3.8) is 0 Å². The minimum absolute atomic E-state index is 0.184. The van der Waals surface area contributed by atoms with Crippen molar-refractivity contribution in [3.05, 3.63) is 53.2 Å². The Balaban J connectivity index is 2.19. The highest BCUT2D eigenvalue weighted by atomic mass is 32.1. The number of amides is 1. The molecule has 2 N–H and O–H groups in total. The van der Waals surface area contributed by atoms with Crippen LogP contribution in [0.3, 0.4) is 0 Å². The van der Waals surface area contributed by atoms with E-state index in [1.165, 1.54) is 0 Å². The van der Waals surface area contributed by atoms with Crippen molar-refractivity contribution in [3.8, 4) is 0 Å². The molecule has 0 unspecified atom stereocenters. The van der Waals surface area contributed by atoms with Crippen LogP contribution in [0.4, 0.5) is 0 Å². The van der Waals surface area contributed by atoms with Crippen LogP contribution < -0.4 is 10.6 Å². The first-order valence-electron chi connectivity index (χ1n) is 5.22. The molecule has 1 aromatic rings. The van der Waals surface area contributed by atoms with Crippen molar-refractivity contribution in [1.29, 1.82) is 0 Å². The van der Waals surface area contributed by atoms with Gasteiger partial charge in [0.2, 0.25) is 0 Å². The molecule has 1 aliphatic rings. The van der Waals surface area contributed by atoms with Gasteiger partial charge in [0.05, 0.1) is 0 Å². The minimum atomic E-state index is -0.184. The maximum absolute atomic E-state index is 11.4. The van der Waals surface area contributed by atoms with E-state index in [9.17, 15) is 4.79 Å². The van der Waals surface area contributed by atoms with Gasteiger partial charge in [-0.2, -0.15) is 0 Å². The van der Waals surface area contributed by atoms with Gasteiger partial charge < -0.3 is 5.32 Å². The fourth-order valence-electron chi connectivity index (χ4n) is 1.56. The third-order valence-corrected chi connectivity index (χ3v) is 2.49. The third kappa shape index (κ3) is 3.01. The Hall–Kier alpha value is -1.94. The van der Waals surface area contributed by atoms with Crippen molar-refractivity contribution in [2.24, 2.45) is 0 Å². The van der Waals surface area contributed by atoms with Crippen molar-refractivity contribution in [2.45, 2.75) is 6.92 Å². The molecule has 1 aromatic carbocycles. The molecule has 1 heterocycles. The van der Waals surface area contributed by atoms with Crippen LogP contribution in [-0.4, -0.2) is 11.0 Å². The first-order valence-corrected chi connectivity index (χ1v) is 5.63. The molecule has 0 aliphatic carbocycles. The second kappa shape index (κ2) is 4.93. The number of allylic oxidation sites excluding steroid dienone is 2. The van der Waals surface area contributed by atoms with Crippen LogP contribution in [0.15, 0.2) is 47.7 Å². The Bertz CT molecular complexity index is 517. The molecule has 2 rings (SSSR count). The summed E-state index contributed by atoms with van der Waals surface area (Å²) in [4.78, 5) is 11.4. The van der Waals surface area contributed by atoms with Crippen LogP contribution in [0, 0.1) is 0 Å². The van der Waals surface area contributed by atoms with Gasteiger partial charge in [0.1, 0.15) is 5.70 Å². The number of benzene rings is 1. The normalized spacial score (nSPS) is 18.2. The number of carbonyl (C=O) groups excluding carboxylic acids is 1. The number of nitrogens with one attached hydrogen (secondary N) is 2. The van der Waals surface area contributed by atoms with Gasteiger partial charge in [0.15, 0.2) is 5.11 Å². The highest BCUT2D eigenvalue weighted by Gasteiger charge is 2.19. The monoisotopic (exact) mass is 244 g/mol. The Kier molecular flexibility index (Phi) is 3.35. The molecule has 0 saturated carbocycles. The van der Waals surface area contributed by atoms with E-state index >= 15 is 0 Å². The molecule has 1 saturated heterocycles. The average Bonchev–Trinajstić information content (AvgIpc) is 2.58. The predicted octanol–water partition coefficient (Wildman–Crippen LogP) is 1.98. The summed E-state index contributed by atoms with van der Waals surface area (Å²) in [6.07, 6.45) is 3.78. The lowest BCUT2D eigenvalue weighted by molar-refractivity contribution is -0.115. The number of rotatable bonds is 2. The zero-order valence-electron chi connectivity index (χ0n) is 9.36. The van der Waals surface area contributed by atoms with Gasteiger partial charge in [0, 0.05) is 0 Å². The Morgan fingerprint density at radius 2 is 1.94 bits per heavy atom. The van der Waals surface area contributed by atoms with E-state index in [1.807, 2.05) is 43.3 Å². The third-order valence-electron chi connectivity index (χ3n) is 2.29. The lowest BCUT2D eigenvalue weighted by Gasteiger charge is -1.97. The molecule has 86 valence electrons. The van der Waals surface area contributed by atoms with Crippen LogP contribution in [0.1, 0.15) is 12.5 Å². The van der Waals surface area contributed by atoms with Gasteiger partial charge in [-0.15, -0.1) is 0 Å². The summed E-state index contributed by atoms with van der Waals surface area (Å²) < 4.78 is 0. The van der Waals surface area contributed by atoms with Gasteiger partial charge in [-0.25, -0.2) is 0 Å². The van der Waals surface area contributed by atoms with Gasteiger partial charge >= 0.3 is 0 Å². The fraction of sp³-hybridized carbons (Fsp3) is 0.0769. The smallest absolute Gasteiger partial charge is 0.273 e. The maximum Gasteiger partial charge on any atom is 0.273 e. The second-order valence-electron chi connectivity index (χ2n) is 3.77. The minimum Gasteiger partial charge on any atom is -0.328 e. The molecule has 1 fully saturated rings. The molecule has 1 aliphatic heterocycles. The molecule has 0 radical (unpaired) electrons. The Labute approximate surface area is 105 Å². The van der Waals surface area contributed by atoms with Crippen LogP contribution in [0.2, 0.25) is 0 Å². The molecule has 17 heavy (non-hydrogen) atoms. The zero-order valence-corrected chi connectivity index (χ0v) is 10.2. The van der Waals surface area contributed by atoms with E-state index in [2.05, 4.69) is 10.6 Å². The number of hydrogen-bond acceptors (Lipinski definition) is 2. The summed E-state index contributed by atoms with van der Waals surface area (Å²) in [6, 6.07) is 9.93. The molecule has 0 spiro atoms. The molecule has 0 aromatic heterocycles. The summed E-state index contributed by atoms with van der Waals surface area (Å²) >= 11 is 4.85. The average molecular weight is 244 g/mol. The van der Waals surface area contributed by atoms with Crippen LogP contribution >= 0.6 is 12.2 Å². The summed E-state index contributed by atoms with van der Waals surface area (Å²) in [5.74, 6) is -0.184. The van der Waals surface area contributed by atoms with Crippen LogP contribution in [-0.2, 0) is 4.79 Å². The molecule has 0 atom stereocenters. The lowest BCUT2D eigenvalue weighted by Crippen LogP contribution is -2.21. The quantitative estimate of drug-likeness (QED) is 0.617. The molecule has 3 nitrogen and oxygen atoms in total. The van der Waals surface area contributed by atoms with Crippen molar-refractivity contribution >= 4 is 29.3 Å². The fourth-order valence-corrected chi connectivity index (χ4v) is 1.77. The number of hydrogen-bond donors (Lipinski definition) is 2. The lowest BCUT2D eigenvalue weighted by atomic mass is 10.1. The summed E-state index contributed by atoms with van der Waals surface area (Å²) in [7, 11) is 0. The van der Waals surface area contributed by atoms with Gasteiger partial charge in [-0.1, -0.05) is 36.4 Å². The highest BCUT2D eigenvalue weighted by molar-refractivity contribution is 7.80. The van der Waals surface area contributed by atoms with Gasteiger partial charge in [-0.3, -0.25) is 10.1 Å². The molecular formula is C13H12N2OS. The number of thiocarbonyl (C=S) groups is 1. The van der Waals surface area contributed by atoms with E-state index < -0.39 is 0 Å². The van der Waals surface area contributed by atoms with Crippen LogP contribution in [0.5, 0.6) is 0 Å². The summed E-state index contributed by atoms with van der Waals surface area (Å²) in [6.45, 7) is 1.94. The molecule has 0 bridgehead atoms. The topological polar surface area (TPSA) is 41.1 Å². The van der Waals surface area contributed by atoms with E-state index in [0.29, 0.717) is 10.8 Å². The molecular weight excluding hydrogens is 232 g/mol. The maximum atomic E-state index is 11.4. The van der Waals surface area contributed by atoms with Crippen molar-refractivity contribution in [2.75, 3.05) is 0 Å². The molecule has 4 heteroatoms. The Morgan fingerprint density at radius 1 is 1.24 bits per heavy atom. The Morgan fingerprint density at radius 3 is 2.53 bits per heavy atom. The van der Waals surface area contributed by atoms with Crippen molar-refractivity contribution in [1.82, 2.24) is 10.6 Å². The standard InChI is InChI=1S/C13H12N2OS/c1-9(7-10-5-3-2-4-6-10)8-11-12(16)15-13(17)14-11/h2-8H,1H3,(H2,14,15,16,17)/b9-7+,11-8-. The number of carbonyl (C=O) groups is 1. The first kappa shape index (κ1) is 11.5. The second-order valence-corrected chi connectivity index (χ2v) is 4.17. The van der Waals surface area contributed by atoms with Crippen molar-refractivity contribution < 1.29 is 4.79 Å². The van der Waals surface area contributed by atoms with E-state index in [0.717, 1.165) is 11.1 Å². The van der Waals surface area contributed by atoms with E-state index in [1.54, 1.807) is 6.08 Å². The highest BCUT2D eigenvalue weighted by Crippen LogP contribution is 2.09. The SMILES string of the molecule is CC(/C=C1\NC(=S)NC1=O)=C\c1ccccc1.